The summed E-state index contributed by atoms with van der Waals surface area (Å²) in [6.07, 6.45) is 2.07. The van der Waals surface area contributed by atoms with E-state index in [0.717, 1.165) is 16.8 Å². The Bertz CT molecular complexity index is 650. The molecule has 5 nitrogen and oxygen atoms in total. The van der Waals surface area contributed by atoms with E-state index in [4.69, 9.17) is 5.26 Å². The number of aromatic nitrogens is 2. The highest BCUT2D eigenvalue weighted by molar-refractivity contribution is 5.78. The quantitative estimate of drug-likeness (QED) is 0.912. The summed E-state index contributed by atoms with van der Waals surface area (Å²) >= 11 is 0. The van der Waals surface area contributed by atoms with Crippen molar-refractivity contribution in [2.45, 2.75) is 19.9 Å². The molecule has 0 saturated heterocycles. The monoisotopic (exact) mass is 268 g/mol. The fourth-order valence-corrected chi connectivity index (χ4v) is 1.86. The van der Waals surface area contributed by atoms with E-state index in [1.54, 1.807) is 35.1 Å². The van der Waals surface area contributed by atoms with Crippen molar-refractivity contribution < 1.29 is 4.79 Å². The Balaban J connectivity index is 1.89. The van der Waals surface area contributed by atoms with Crippen LogP contribution in [0.5, 0.6) is 0 Å². The van der Waals surface area contributed by atoms with E-state index >= 15 is 0 Å². The summed E-state index contributed by atoms with van der Waals surface area (Å²) in [6, 6.07) is 9.08. The van der Waals surface area contributed by atoms with Gasteiger partial charge in [-0.2, -0.15) is 10.4 Å². The third-order valence-corrected chi connectivity index (χ3v) is 3.26. The number of nitrogens with one attached hydrogen (secondary N) is 1. The van der Waals surface area contributed by atoms with Crippen LogP contribution in [0.25, 0.3) is 0 Å². The zero-order valence-electron chi connectivity index (χ0n) is 11.6. The van der Waals surface area contributed by atoms with Crippen LogP contribution in [0, 0.1) is 18.3 Å². The van der Waals surface area contributed by atoms with Crippen LogP contribution in [0.4, 0.5) is 0 Å². The molecular formula is C15H16N4O. The fraction of sp³-hybridized carbons (Fsp3) is 0.267. The molecular weight excluding hydrogens is 252 g/mol. The molecule has 0 bridgehead atoms. The molecule has 0 spiro atoms. The zero-order chi connectivity index (χ0) is 14.5. The minimum absolute atomic E-state index is 0.0436. The minimum Gasteiger partial charge on any atom is -0.352 e. The van der Waals surface area contributed by atoms with Gasteiger partial charge in [0.15, 0.2) is 0 Å². The van der Waals surface area contributed by atoms with E-state index in [0.29, 0.717) is 18.5 Å². The molecule has 0 saturated carbocycles. The van der Waals surface area contributed by atoms with Crippen molar-refractivity contribution in [3.63, 3.8) is 0 Å². The fourth-order valence-electron chi connectivity index (χ4n) is 1.86. The van der Waals surface area contributed by atoms with Gasteiger partial charge in [0, 0.05) is 24.8 Å². The highest BCUT2D eigenvalue weighted by Gasteiger charge is 2.07. The van der Waals surface area contributed by atoms with Crippen LogP contribution in [0.15, 0.2) is 30.5 Å². The second-order valence-corrected chi connectivity index (χ2v) is 4.64. The van der Waals surface area contributed by atoms with Gasteiger partial charge in [-0.15, -0.1) is 0 Å². The maximum atomic E-state index is 11.9. The summed E-state index contributed by atoms with van der Waals surface area (Å²) < 4.78 is 1.78. The summed E-state index contributed by atoms with van der Waals surface area (Å²) in [5.41, 5.74) is 3.55. The van der Waals surface area contributed by atoms with Gasteiger partial charge < -0.3 is 5.32 Å². The van der Waals surface area contributed by atoms with Crippen molar-refractivity contribution in [2.75, 3.05) is 0 Å². The molecule has 0 aliphatic rings. The largest absolute Gasteiger partial charge is 0.352 e. The van der Waals surface area contributed by atoms with Gasteiger partial charge in [-0.3, -0.25) is 9.48 Å². The van der Waals surface area contributed by atoms with Crippen LogP contribution in [-0.4, -0.2) is 15.7 Å². The van der Waals surface area contributed by atoms with Crippen molar-refractivity contribution in [2.24, 2.45) is 7.05 Å². The van der Waals surface area contributed by atoms with E-state index < -0.39 is 0 Å². The SMILES string of the molecule is Cc1c(CNC(=O)Cc2ccc(C#N)cc2)cnn1C. The molecule has 0 unspecified atom stereocenters. The van der Waals surface area contributed by atoms with Crippen LogP contribution in [-0.2, 0) is 24.8 Å². The minimum atomic E-state index is -0.0436. The topological polar surface area (TPSA) is 70.7 Å². The first-order valence-electron chi connectivity index (χ1n) is 6.33. The average molecular weight is 268 g/mol. The Labute approximate surface area is 117 Å². The van der Waals surface area contributed by atoms with Crippen LogP contribution in [0.1, 0.15) is 22.4 Å². The lowest BCUT2D eigenvalue weighted by molar-refractivity contribution is -0.120. The molecule has 1 aromatic heterocycles. The van der Waals surface area contributed by atoms with E-state index in [1.165, 1.54) is 0 Å². The highest BCUT2D eigenvalue weighted by Crippen LogP contribution is 2.06. The van der Waals surface area contributed by atoms with Gasteiger partial charge in [0.25, 0.3) is 0 Å². The Hall–Kier alpha value is -2.61. The number of amides is 1. The molecule has 5 heteroatoms. The lowest BCUT2D eigenvalue weighted by Gasteiger charge is -2.05. The number of nitrogens with zero attached hydrogens (tertiary/aromatic N) is 3. The second-order valence-electron chi connectivity index (χ2n) is 4.64. The number of carbonyl (C=O) groups excluding carboxylic acids is 1. The molecule has 0 aliphatic carbocycles. The molecule has 1 N–H and O–H groups in total. The number of rotatable bonds is 4. The molecule has 0 radical (unpaired) electrons. The number of nitriles is 1. The van der Waals surface area contributed by atoms with Crippen molar-refractivity contribution in [3.8, 4) is 6.07 Å². The Morgan fingerprint density at radius 1 is 1.40 bits per heavy atom. The lowest BCUT2D eigenvalue weighted by atomic mass is 10.1. The van der Waals surface area contributed by atoms with Gasteiger partial charge in [0.05, 0.1) is 24.3 Å². The smallest absolute Gasteiger partial charge is 0.224 e. The lowest BCUT2D eigenvalue weighted by Crippen LogP contribution is -2.24. The van der Waals surface area contributed by atoms with Crippen molar-refractivity contribution >= 4 is 5.91 Å². The molecule has 1 amide bonds. The first-order valence-corrected chi connectivity index (χ1v) is 6.33. The number of carbonyl (C=O) groups is 1. The van der Waals surface area contributed by atoms with Crippen LogP contribution in [0.3, 0.4) is 0 Å². The number of aryl methyl sites for hydroxylation is 1. The zero-order valence-corrected chi connectivity index (χ0v) is 11.6. The standard InChI is InChI=1S/C15H16N4O/c1-11-14(10-18-19(11)2)9-17-15(20)7-12-3-5-13(8-16)6-4-12/h3-6,10H,7,9H2,1-2H3,(H,17,20). The average Bonchev–Trinajstić information content (AvgIpc) is 2.77. The third kappa shape index (κ3) is 3.23. The van der Waals surface area contributed by atoms with Crippen LogP contribution in [0.2, 0.25) is 0 Å². The number of hydrogen-bond acceptors (Lipinski definition) is 3. The van der Waals surface area contributed by atoms with Crippen molar-refractivity contribution in [1.82, 2.24) is 15.1 Å². The van der Waals surface area contributed by atoms with Crippen molar-refractivity contribution in [3.05, 3.63) is 52.8 Å². The maximum Gasteiger partial charge on any atom is 0.224 e. The van der Waals surface area contributed by atoms with E-state index in [2.05, 4.69) is 16.5 Å². The van der Waals surface area contributed by atoms with Gasteiger partial charge >= 0.3 is 0 Å². The summed E-state index contributed by atoms with van der Waals surface area (Å²) in [7, 11) is 1.87. The van der Waals surface area contributed by atoms with Gasteiger partial charge in [-0.1, -0.05) is 12.1 Å². The molecule has 1 heterocycles. The highest BCUT2D eigenvalue weighted by atomic mass is 16.1. The van der Waals surface area contributed by atoms with Crippen molar-refractivity contribution in [1.29, 1.82) is 5.26 Å². The Morgan fingerprint density at radius 2 is 2.10 bits per heavy atom. The van der Waals surface area contributed by atoms with Gasteiger partial charge in [-0.05, 0) is 24.6 Å². The maximum absolute atomic E-state index is 11.9. The summed E-state index contributed by atoms with van der Waals surface area (Å²) in [6.45, 7) is 2.45. The number of benzene rings is 1. The third-order valence-electron chi connectivity index (χ3n) is 3.26. The van der Waals surface area contributed by atoms with Crippen LogP contribution < -0.4 is 5.32 Å². The van der Waals surface area contributed by atoms with E-state index in [-0.39, 0.29) is 5.91 Å². The predicted octanol–water partition coefficient (Wildman–Crippen LogP) is 1.46. The molecule has 1 aromatic carbocycles. The first kappa shape index (κ1) is 13.8. The normalized spacial score (nSPS) is 10.1. The summed E-state index contributed by atoms with van der Waals surface area (Å²) in [5.74, 6) is -0.0436. The van der Waals surface area contributed by atoms with Gasteiger partial charge in [0.1, 0.15) is 0 Å². The molecule has 102 valence electrons. The number of hydrogen-bond donors (Lipinski definition) is 1. The molecule has 0 atom stereocenters. The molecule has 0 fully saturated rings. The van der Waals surface area contributed by atoms with E-state index in [1.807, 2.05) is 14.0 Å². The Kier molecular flexibility index (Phi) is 4.16. The first-order chi connectivity index (χ1) is 9.60. The summed E-state index contributed by atoms with van der Waals surface area (Å²) in [5, 5.41) is 15.7. The summed E-state index contributed by atoms with van der Waals surface area (Å²) in [4.78, 5) is 11.9. The van der Waals surface area contributed by atoms with E-state index in [9.17, 15) is 4.79 Å². The molecule has 2 rings (SSSR count). The van der Waals surface area contributed by atoms with Crippen LogP contribution >= 0.6 is 0 Å². The second kappa shape index (κ2) is 6.02. The molecule has 2 aromatic rings. The molecule has 20 heavy (non-hydrogen) atoms. The molecule has 0 aliphatic heterocycles. The Morgan fingerprint density at radius 3 is 2.65 bits per heavy atom. The van der Waals surface area contributed by atoms with Gasteiger partial charge in [0.2, 0.25) is 5.91 Å². The van der Waals surface area contributed by atoms with Gasteiger partial charge in [-0.25, -0.2) is 0 Å². The predicted molar refractivity (Wildman–Crippen MR) is 74.7 cm³/mol.